The zero-order chi connectivity index (χ0) is 5.98. The van der Waals surface area contributed by atoms with Gasteiger partial charge < -0.3 is 9.97 Å². The molecule has 0 atom stereocenters. The van der Waals surface area contributed by atoms with E-state index >= 15 is 0 Å². The normalized spacial score (nSPS) is 8.22. The van der Waals surface area contributed by atoms with Crippen LogP contribution in [0.1, 0.15) is 11.4 Å². The molecule has 1 rings (SSSR count). The van der Waals surface area contributed by atoms with Crippen molar-refractivity contribution in [2.24, 2.45) is 0 Å². The molecule has 0 spiro atoms. The summed E-state index contributed by atoms with van der Waals surface area (Å²) in [5.41, 5.74) is 0.982. The summed E-state index contributed by atoms with van der Waals surface area (Å²) >= 11 is 0. The van der Waals surface area contributed by atoms with Crippen LogP contribution in [0.4, 0.5) is 0 Å². The van der Waals surface area contributed by atoms with Crippen LogP contribution in [-0.2, 0) is 32.7 Å². The smallest absolute Gasteiger partial charge is 0.0104 e. The molecule has 1 aromatic rings. The van der Waals surface area contributed by atoms with E-state index in [1.807, 2.05) is 13.8 Å². The Bertz CT molecular complexity index is 150. The molecule has 0 N–H and O–H groups in total. The van der Waals surface area contributed by atoms with Crippen LogP contribution >= 0.6 is 0 Å². The first kappa shape index (κ1) is 9.18. The molecule has 0 aliphatic rings. The van der Waals surface area contributed by atoms with Crippen LogP contribution in [0, 0.1) is 20.0 Å². The first-order chi connectivity index (χ1) is 3.79. The molecular weight excluding hydrogens is 189 g/mol. The predicted octanol–water partition coefficient (Wildman–Crippen LogP) is 0.891. The SMILES string of the molecule is Cc1[c-]nc(C)nc1.[Y]. The largest absolute Gasteiger partial charge is 0.373 e. The Labute approximate surface area is 80.0 Å². The van der Waals surface area contributed by atoms with E-state index in [0.717, 1.165) is 11.4 Å². The molecule has 0 aliphatic heterocycles. The Kier molecular flexibility index (Phi) is 4.16. The van der Waals surface area contributed by atoms with Crippen LogP contribution in [-0.4, -0.2) is 9.97 Å². The Balaban J connectivity index is 0.000000640. The number of nitrogens with zero attached hydrogens (tertiary/aromatic N) is 2. The minimum absolute atomic E-state index is 0. The summed E-state index contributed by atoms with van der Waals surface area (Å²) in [7, 11) is 0. The predicted molar refractivity (Wildman–Crippen MR) is 30.3 cm³/mol. The van der Waals surface area contributed by atoms with Crippen molar-refractivity contribution in [1.29, 1.82) is 0 Å². The molecular formula is C6H7N2Y-. The van der Waals surface area contributed by atoms with E-state index < -0.39 is 0 Å². The van der Waals surface area contributed by atoms with Crippen molar-refractivity contribution in [3.05, 3.63) is 23.8 Å². The summed E-state index contributed by atoms with van der Waals surface area (Å²) in [4.78, 5) is 7.78. The van der Waals surface area contributed by atoms with E-state index in [9.17, 15) is 0 Å². The van der Waals surface area contributed by atoms with Gasteiger partial charge in [-0.1, -0.05) is 26.2 Å². The second-order valence-electron chi connectivity index (χ2n) is 1.71. The Hall–Kier alpha value is 0.184. The summed E-state index contributed by atoms with van der Waals surface area (Å²) in [6, 6.07) is 0. The third-order valence-corrected chi connectivity index (χ3v) is 0.839. The third kappa shape index (κ3) is 3.02. The number of hydrogen-bond donors (Lipinski definition) is 0. The molecule has 0 bridgehead atoms. The van der Waals surface area contributed by atoms with Gasteiger partial charge in [0.1, 0.15) is 0 Å². The first-order valence-electron chi connectivity index (χ1n) is 2.47. The maximum atomic E-state index is 3.94. The fourth-order valence-electron chi connectivity index (χ4n) is 0.417. The molecule has 0 amide bonds. The van der Waals surface area contributed by atoms with Gasteiger partial charge in [0, 0.05) is 38.5 Å². The molecule has 0 aliphatic carbocycles. The van der Waals surface area contributed by atoms with Crippen molar-refractivity contribution >= 4 is 0 Å². The topological polar surface area (TPSA) is 25.8 Å². The van der Waals surface area contributed by atoms with Gasteiger partial charge >= 0.3 is 0 Å². The first-order valence-corrected chi connectivity index (χ1v) is 2.47. The molecule has 0 saturated carbocycles. The van der Waals surface area contributed by atoms with E-state index in [1.54, 1.807) is 6.20 Å². The quantitative estimate of drug-likeness (QED) is 0.576. The van der Waals surface area contributed by atoms with Gasteiger partial charge in [0.25, 0.3) is 0 Å². The standard InChI is InChI=1S/C6H7N2.Y/c1-5-3-7-6(2)8-4-5;/h3H,1-2H3;/q-1;. The zero-order valence-corrected chi connectivity index (χ0v) is 8.39. The van der Waals surface area contributed by atoms with E-state index in [0.29, 0.717) is 0 Å². The van der Waals surface area contributed by atoms with Crippen molar-refractivity contribution in [3.8, 4) is 0 Å². The van der Waals surface area contributed by atoms with E-state index in [2.05, 4.69) is 16.2 Å². The number of aromatic nitrogens is 2. The average Bonchev–Trinajstić information content (AvgIpc) is 1.77. The third-order valence-electron chi connectivity index (χ3n) is 0.839. The zero-order valence-electron chi connectivity index (χ0n) is 5.55. The van der Waals surface area contributed by atoms with Crippen molar-refractivity contribution in [1.82, 2.24) is 9.97 Å². The van der Waals surface area contributed by atoms with Gasteiger partial charge in [-0.05, 0) is 0 Å². The Morgan fingerprint density at radius 3 is 2.44 bits per heavy atom. The van der Waals surface area contributed by atoms with Gasteiger partial charge in [-0.15, -0.1) is 5.56 Å². The summed E-state index contributed by atoms with van der Waals surface area (Å²) in [5, 5.41) is 0. The number of aryl methyl sites for hydroxylation is 2. The van der Waals surface area contributed by atoms with Gasteiger partial charge in [-0.25, -0.2) is 0 Å². The van der Waals surface area contributed by atoms with Crippen LogP contribution < -0.4 is 0 Å². The number of rotatable bonds is 0. The van der Waals surface area contributed by atoms with Crippen LogP contribution in [0.2, 0.25) is 0 Å². The van der Waals surface area contributed by atoms with Crippen LogP contribution in [0.25, 0.3) is 0 Å². The van der Waals surface area contributed by atoms with Crippen molar-refractivity contribution in [2.75, 3.05) is 0 Å². The maximum Gasteiger partial charge on any atom is 0.0104 e. The van der Waals surface area contributed by atoms with Crippen LogP contribution in [0.15, 0.2) is 6.20 Å². The monoisotopic (exact) mass is 196 g/mol. The summed E-state index contributed by atoms with van der Waals surface area (Å²) in [6.45, 7) is 3.76. The van der Waals surface area contributed by atoms with E-state index in [4.69, 9.17) is 0 Å². The van der Waals surface area contributed by atoms with Gasteiger partial charge in [-0.3, -0.25) is 0 Å². The Morgan fingerprint density at radius 2 is 2.11 bits per heavy atom. The van der Waals surface area contributed by atoms with Crippen molar-refractivity contribution in [3.63, 3.8) is 0 Å². The minimum Gasteiger partial charge on any atom is -0.373 e. The number of hydrogen-bond acceptors (Lipinski definition) is 2. The Morgan fingerprint density at radius 1 is 1.44 bits per heavy atom. The molecule has 0 saturated heterocycles. The van der Waals surface area contributed by atoms with Gasteiger partial charge in [0.15, 0.2) is 0 Å². The maximum absolute atomic E-state index is 3.94. The fraction of sp³-hybridized carbons (Fsp3) is 0.333. The second-order valence-corrected chi connectivity index (χ2v) is 1.71. The van der Waals surface area contributed by atoms with Gasteiger partial charge in [0.05, 0.1) is 0 Å². The van der Waals surface area contributed by atoms with Gasteiger partial charge in [0.2, 0.25) is 0 Å². The molecule has 0 aromatic carbocycles. The molecule has 1 aromatic heterocycles. The molecule has 45 valence electrons. The average molecular weight is 196 g/mol. The summed E-state index contributed by atoms with van der Waals surface area (Å²) < 4.78 is 0. The fourth-order valence-corrected chi connectivity index (χ4v) is 0.417. The van der Waals surface area contributed by atoms with Crippen molar-refractivity contribution < 1.29 is 32.7 Å². The molecule has 3 heteroatoms. The minimum atomic E-state index is 0. The van der Waals surface area contributed by atoms with E-state index in [1.165, 1.54) is 0 Å². The molecule has 2 nitrogen and oxygen atoms in total. The summed E-state index contributed by atoms with van der Waals surface area (Å²) in [5.74, 6) is 0.774. The van der Waals surface area contributed by atoms with Crippen molar-refractivity contribution in [2.45, 2.75) is 13.8 Å². The molecule has 9 heavy (non-hydrogen) atoms. The molecule has 0 fully saturated rings. The van der Waals surface area contributed by atoms with E-state index in [-0.39, 0.29) is 32.7 Å². The molecule has 1 radical (unpaired) electrons. The van der Waals surface area contributed by atoms with Gasteiger partial charge in [-0.2, -0.15) is 0 Å². The second kappa shape index (κ2) is 4.07. The molecule has 0 unspecified atom stereocenters. The summed E-state index contributed by atoms with van der Waals surface area (Å²) in [6.07, 6.45) is 4.54. The van der Waals surface area contributed by atoms with Crippen LogP contribution in [0.3, 0.4) is 0 Å². The molecule has 1 heterocycles. The van der Waals surface area contributed by atoms with Crippen LogP contribution in [0.5, 0.6) is 0 Å².